The number of nitrogens with one attached hydrogen (secondary N) is 1. The van der Waals surface area contributed by atoms with Gasteiger partial charge in [0.1, 0.15) is 16.5 Å². The lowest BCUT2D eigenvalue weighted by molar-refractivity contribution is 0.224. The third-order valence-corrected chi connectivity index (χ3v) is 5.29. The minimum atomic E-state index is 0.577. The lowest BCUT2D eigenvalue weighted by Crippen LogP contribution is -2.67. The number of anilines is 1. The van der Waals surface area contributed by atoms with Crippen molar-refractivity contribution >= 4 is 22.9 Å². The van der Waals surface area contributed by atoms with Crippen LogP contribution in [-0.4, -0.2) is 51.9 Å². The summed E-state index contributed by atoms with van der Waals surface area (Å²) in [6.45, 7) is 1.94. The second kappa shape index (κ2) is 4.90. The highest BCUT2D eigenvalue weighted by atomic mass is 32.1. The summed E-state index contributed by atoms with van der Waals surface area (Å²) in [6, 6.07) is 5.03. The molecular weight excluding hydrogens is 312 g/mol. The topological polar surface area (TPSA) is 67.6 Å². The molecule has 0 radical (unpaired) electrons. The Labute approximate surface area is 136 Å². The van der Waals surface area contributed by atoms with Gasteiger partial charge in [-0.25, -0.2) is 9.50 Å². The Balaban J connectivity index is 1.62. The van der Waals surface area contributed by atoms with Crippen LogP contribution in [0.2, 0.25) is 0 Å². The average Bonchev–Trinajstić information content (AvgIpc) is 3.22. The van der Waals surface area contributed by atoms with Crippen LogP contribution >= 0.6 is 11.3 Å². The maximum Gasteiger partial charge on any atom is 0.245 e. The number of pyridine rings is 1. The minimum Gasteiger partial charge on any atom is -0.497 e. The number of nitrogens with zero attached hydrogens (tertiary/aromatic N) is 5. The second-order valence-electron chi connectivity index (χ2n) is 6.00. The molecule has 3 saturated heterocycles. The molecule has 2 bridgehead atoms. The Kier molecular flexibility index (Phi) is 2.83. The van der Waals surface area contributed by atoms with Gasteiger partial charge in [0.2, 0.25) is 5.95 Å². The first kappa shape index (κ1) is 13.3. The van der Waals surface area contributed by atoms with E-state index in [1.54, 1.807) is 24.6 Å². The van der Waals surface area contributed by atoms with Gasteiger partial charge < -0.3 is 15.0 Å². The lowest BCUT2D eigenvalue weighted by atomic mass is 9.92. The van der Waals surface area contributed by atoms with Gasteiger partial charge in [-0.2, -0.15) is 4.98 Å². The summed E-state index contributed by atoms with van der Waals surface area (Å²) in [7, 11) is 1.67. The summed E-state index contributed by atoms with van der Waals surface area (Å²) in [5.41, 5.74) is 1.70. The van der Waals surface area contributed by atoms with Crippen LogP contribution in [0.5, 0.6) is 5.75 Å². The van der Waals surface area contributed by atoms with E-state index in [4.69, 9.17) is 14.8 Å². The van der Waals surface area contributed by atoms with Crippen LogP contribution in [0.3, 0.4) is 0 Å². The van der Waals surface area contributed by atoms with Crippen molar-refractivity contribution in [2.45, 2.75) is 18.5 Å². The molecule has 6 rings (SSSR count). The molecule has 3 fully saturated rings. The molecule has 3 aromatic rings. The molecule has 0 aromatic carbocycles. The maximum atomic E-state index is 5.41. The number of hydrogen-bond donors (Lipinski definition) is 1. The quantitative estimate of drug-likeness (QED) is 0.784. The number of fused-ring (bicyclic) bond motifs is 3. The van der Waals surface area contributed by atoms with E-state index in [9.17, 15) is 0 Å². The van der Waals surface area contributed by atoms with Crippen molar-refractivity contribution in [2.24, 2.45) is 0 Å². The molecular formula is C15H16N6OS. The molecule has 0 spiro atoms. The van der Waals surface area contributed by atoms with Crippen molar-refractivity contribution < 1.29 is 4.74 Å². The monoisotopic (exact) mass is 328 g/mol. The Hall–Kier alpha value is -2.19. The average molecular weight is 328 g/mol. The summed E-state index contributed by atoms with van der Waals surface area (Å²) in [5, 5.41) is 11.1. The molecule has 8 heteroatoms. The fraction of sp³-hybridized carbons (Fsp3) is 0.400. The molecule has 0 amide bonds. The van der Waals surface area contributed by atoms with Gasteiger partial charge in [0.25, 0.3) is 0 Å². The molecule has 3 aliphatic heterocycles. The van der Waals surface area contributed by atoms with Crippen LogP contribution in [0.4, 0.5) is 5.95 Å². The summed E-state index contributed by atoms with van der Waals surface area (Å²) < 4.78 is 7.28. The van der Waals surface area contributed by atoms with Crippen molar-refractivity contribution in [2.75, 3.05) is 25.1 Å². The molecule has 118 valence electrons. The zero-order chi connectivity index (χ0) is 15.4. The van der Waals surface area contributed by atoms with Crippen LogP contribution < -0.4 is 15.0 Å². The van der Waals surface area contributed by atoms with Gasteiger partial charge in [0, 0.05) is 48.9 Å². The molecule has 0 saturated carbocycles. The number of aromatic nitrogens is 4. The minimum absolute atomic E-state index is 0.577. The first-order chi connectivity index (χ1) is 11.3. The summed E-state index contributed by atoms with van der Waals surface area (Å²) >= 11 is 1.58. The van der Waals surface area contributed by atoms with Gasteiger partial charge in [-0.1, -0.05) is 0 Å². The van der Waals surface area contributed by atoms with E-state index in [2.05, 4.69) is 15.2 Å². The van der Waals surface area contributed by atoms with Crippen molar-refractivity contribution in [3.05, 3.63) is 23.7 Å². The summed E-state index contributed by atoms with van der Waals surface area (Å²) in [6.07, 6.45) is 3.06. The zero-order valence-electron chi connectivity index (χ0n) is 12.6. The number of piperidine rings is 1. The Morgan fingerprint density at radius 3 is 2.83 bits per heavy atom. The molecule has 0 aliphatic carbocycles. The van der Waals surface area contributed by atoms with Crippen LogP contribution in [0.15, 0.2) is 23.7 Å². The standard InChI is InChI=1S/C15H16N6OS/c1-22-11-5-12(14-16-2-3-23-14)21-13(6-11)18-15(19-21)20-7-9-4-10(8-20)17-9/h2-3,5-6,9-10,17H,4,7-8H2,1H3. The van der Waals surface area contributed by atoms with Gasteiger partial charge in [0.05, 0.1) is 7.11 Å². The lowest BCUT2D eigenvalue weighted by Gasteiger charge is -2.47. The van der Waals surface area contributed by atoms with Crippen molar-refractivity contribution in [1.82, 2.24) is 24.9 Å². The maximum absolute atomic E-state index is 5.41. The van der Waals surface area contributed by atoms with E-state index < -0.39 is 0 Å². The normalized spacial score (nSPS) is 23.1. The Morgan fingerprint density at radius 1 is 1.30 bits per heavy atom. The Bertz CT molecular complexity index is 844. The molecule has 3 aromatic heterocycles. The van der Waals surface area contributed by atoms with Crippen LogP contribution in [-0.2, 0) is 0 Å². The van der Waals surface area contributed by atoms with E-state index in [0.29, 0.717) is 12.1 Å². The number of hydrogen-bond acceptors (Lipinski definition) is 7. The SMILES string of the molecule is COc1cc(-c2nccs2)n2nc(N3CC4CC(C3)N4)nc2c1. The molecule has 23 heavy (non-hydrogen) atoms. The highest BCUT2D eigenvalue weighted by Crippen LogP contribution is 2.29. The summed E-state index contributed by atoms with van der Waals surface area (Å²) in [4.78, 5) is 11.4. The van der Waals surface area contributed by atoms with Gasteiger partial charge >= 0.3 is 0 Å². The fourth-order valence-corrected chi connectivity index (χ4v) is 4.02. The van der Waals surface area contributed by atoms with Gasteiger partial charge in [-0.15, -0.1) is 16.4 Å². The predicted molar refractivity (Wildman–Crippen MR) is 88.2 cm³/mol. The van der Waals surface area contributed by atoms with E-state index >= 15 is 0 Å². The van der Waals surface area contributed by atoms with Crippen LogP contribution in [0.25, 0.3) is 16.3 Å². The van der Waals surface area contributed by atoms with Crippen LogP contribution in [0.1, 0.15) is 6.42 Å². The van der Waals surface area contributed by atoms with E-state index in [0.717, 1.165) is 41.1 Å². The smallest absolute Gasteiger partial charge is 0.245 e. The molecule has 6 heterocycles. The van der Waals surface area contributed by atoms with E-state index in [1.165, 1.54) is 6.42 Å². The highest BCUT2D eigenvalue weighted by Gasteiger charge is 2.37. The Morgan fingerprint density at radius 2 is 2.13 bits per heavy atom. The number of methoxy groups -OCH3 is 1. The van der Waals surface area contributed by atoms with Crippen LogP contribution in [0, 0.1) is 0 Å². The second-order valence-corrected chi connectivity index (χ2v) is 6.90. The molecule has 7 nitrogen and oxygen atoms in total. The van der Waals surface area contributed by atoms with Crippen molar-refractivity contribution in [1.29, 1.82) is 0 Å². The van der Waals surface area contributed by atoms with E-state index in [1.807, 2.05) is 22.0 Å². The molecule has 2 unspecified atom stereocenters. The molecule has 2 atom stereocenters. The molecule has 1 N–H and O–H groups in total. The van der Waals surface area contributed by atoms with Crippen molar-refractivity contribution in [3.8, 4) is 16.5 Å². The van der Waals surface area contributed by atoms with Crippen molar-refractivity contribution in [3.63, 3.8) is 0 Å². The summed E-state index contributed by atoms with van der Waals surface area (Å²) in [5.74, 6) is 1.55. The zero-order valence-corrected chi connectivity index (χ0v) is 13.5. The third-order valence-electron chi connectivity index (χ3n) is 4.49. The highest BCUT2D eigenvalue weighted by molar-refractivity contribution is 7.13. The van der Waals surface area contributed by atoms with Gasteiger partial charge in [-0.3, -0.25) is 0 Å². The van der Waals surface area contributed by atoms with E-state index in [-0.39, 0.29) is 0 Å². The third kappa shape index (κ3) is 2.09. The first-order valence-electron chi connectivity index (χ1n) is 7.66. The fourth-order valence-electron chi connectivity index (χ4n) is 3.38. The predicted octanol–water partition coefficient (Wildman–Crippen LogP) is 1.41. The van der Waals surface area contributed by atoms with Gasteiger partial charge in [-0.05, 0) is 6.42 Å². The number of piperazine rings is 1. The number of ether oxygens (including phenoxy) is 1. The molecule has 3 aliphatic rings. The largest absolute Gasteiger partial charge is 0.497 e. The van der Waals surface area contributed by atoms with Gasteiger partial charge in [0.15, 0.2) is 5.65 Å². The first-order valence-corrected chi connectivity index (χ1v) is 8.54. The number of thiazole rings is 1. The number of rotatable bonds is 3.